The number of halogens is 1. The summed E-state index contributed by atoms with van der Waals surface area (Å²) < 4.78 is 1.15. The standard InChI is InChI=1S/C15H24BrN/c1-3-4-5-6-11-17-13(2)12-14-7-9-15(16)10-8-14/h7-10,13,17H,3-6,11-12H2,1-2H3. The van der Waals surface area contributed by atoms with E-state index >= 15 is 0 Å². The molecule has 0 aliphatic rings. The molecule has 0 saturated carbocycles. The third-order valence-corrected chi connectivity index (χ3v) is 3.51. The molecular formula is C15H24BrN. The van der Waals surface area contributed by atoms with Crippen LogP contribution in [0.1, 0.15) is 45.1 Å². The Hall–Kier alpha value is -0.340. The van der Waals surface area contributed by atoms with Crippen LogP contribution < -0.4 is 5.32 Å². The molecule has 0 aliphatic carbocycles. The summed E-state index contributed by atoms with van der Waals surface area (Å²) in [5.41, 5.74) is 1.40. The number of hydrogen-bond donors (Lipinski definition) is 1. The minimum atomic E-state index is 0.567. The Kier molecular flexibility index (Phi) is 7.54. The summed E-state index contributed by atoms with van der Waals surface area (Å²) in [6.07, 6.45) is 6.45. The van der Waals surface area contributed by atoms with E-state index in [4.69, 9.17) is 0 Å². The minimum Gasteiger partial charge on any atom is -0.314 e. The summed E-state index contributed by atoms with van der Waals surface area (Å²) in [5, 5.41) is 3.59. The van der Waals surface area contributed by atoms with Crippen molar-refractivity contribution in [1.82, 2.24) is 5.32 Å². The molecule has 0 bridgehead atoms. The average Bonchev–Trinajstić information content (AvgIpc) is 2.32. The predicted molar refractivity (Wildman–Crippen MR) is 79.5 cm³/mol. The number of rotatable bonds is 8. The van der Waals surface area contributed by atoms with Crippen LogP contribution >= 0.6 is 15.9 Å². The lowest BCUT2D eigenvalue weighted by molar-refractivity contribution is 0.518. The van der Waals surface area contributed by atoms with E-state index in [1.807, 2.05) is 0 Å². The van der Waals surface area contributed by atoms with Gasteiger partial charge in [0.25, 0.3) is 0 Å². The second kappa shape index (κ2) is 8.71. The molecule has 0 heterocycles. The first kappa shape index (κ1) is 14.7. The number of benzene rings is 1. The van der Waals surface area contributed by atoms with Gasteiger partial charge in [-0.2, -0.15) is 0 Å². The van der Waals surface area contributed by atoms with Crippen molar-refractivity contribution < 1.29 is 0 Å². The van der Waals surface area contributed by atoms with Gasteiger partial charge in [-0.15, -0.1) is 0 Å². The first-order valence-corrected chi connectivity index (χ1v) is 7.49. The third kappa shape index (κ3) is 6.85. The molecule has 0 amide bonds. The average molecular weight is 298 g/mol. The summed E-state index contributed by atoms with van der Waals surface area (Å²) in [6.45, 7) is 5.67. The Morgan fingerprint density at radius 3 is 2.47 bits per heavy atom. The van der Waals surface area contributed by atoms with E-state index in [2.05, 4.69) is 59.4 Å². The van der Waals surface area contributed by atoms with E-state index in [1.165, 1.54) is 31.2 Å². The molecule has 1 N–H and O–H groups in total. The zero-order chi connectivity index (χ0) is 12.5. The zero-order valence-corrected chi connectivity index (χ0v) is 12.6. The third-order valence-electron chi connectivity index (χ3n) is 2.98. The van der Waals surface area contributed by atoms with E-state index in [1.54, 1.807) is 0 Å². The fourth-order valence-electron chi connectivity index (χ4n) is 1.95. The Labute approximate surface area is 114 Å². The van der Waals surface area contributed by atoms with Gasteiger partial charge in [-0.3, -0.25) is 0 Å². The fraction of sp³-hybridized carbons (Fsp3) is 0.600. The Balaban J connectivity index is 2.16. The van der Waals surface area contributed by atoms with Crippen LogP contribution in [0.4, 0.5) is 0 Å². The van der Waals surface area contributed by atoms with Gasteiger partial charge < -0.3 is 5.32 Å². The van der Waals surface area contributed by atoms with E-state index in [9.17, 15) is 0 Å². The molecule has 0 spiro atoms. The highest BCUT2D eigenvalue weighted by Crippen LogP contribution is 2.11. The van der Waals surface area contributed by atoms with Gasteiger partial charge in [0.05, 0.1) is 0 Å². The van der Waals surface area contributed by atoms with Crippen LogP contribution in [0, 0.1) is 0 Å². The molecule has 1 rings (SSSR count). The fourth-order valence-corrected chi connectivity index (χ4v) is 2.21. The van der Waals surface area contributed by atoms with Gasteiger partial charge in [0.1, 0.15) is 0 Å². The molecule has 17 heavy (non-hydrogen) atoms. The van der Waals surface area contributed by atoms with Crippen molar-refractivity contribution in [2.45, 2.75) is 52.0 Å². The van der Waals surface area contributed by atoms with E-state index < -0.39 is 0 Å². The molecule has 0 radical (unpaired) electrons. The topological polar surface area (TPSA) is 12.0 Å². The van der Waals surface area contributed by atoms with Crippen molar-refractivity contribution in [3.8, 4) is 0 Å². The van der Waals surface area contributed by atoms with Crippen LogP contribution in [0.2, 0.25) is 0 Å². The van der Waals surface area contributed by atoms with Gasteiger partial charge in [-0.1, -0.05) is 54.2 Å². The van der Waals surface area contributed by atoms with Crippen LogP contribution in [-0.4, -0.2) is 12.6 Å². The molecule has 1 atom stereocenters. The highest BCUT2D eigenvalue weighted by molar-refractivity contribution is 9.10. The van der Waals surface area contributed by atoms with Crippen LogP contribution in [0.25, 0.3) is 0 Å². The molecule has 0 aromatic heterocycles. The van der Waals surface area contributed by atoms with Crippen molar-refractivity contribution in [2.24, 2.45) is 0 Å². The maximum absolute atomic E-state index is 3.59. The first-order chi connectivity index (χ1) is 8.22. The smallest absolute Gasteiger partial charge is 0.0175 e. The quantitative estimate of drug-likeness (QED) is 0.694. The molecule has 1 aromatic rings. The van der Waals surface area contributed by atoms with Gasteiger partial charge >= 0.3 is 0 Å². The van der Waals surface area contributed by atoms with Crippen molar-refractivity contribution >= 4 is 15.9 Å². The predicted octanol–water partition coefficient (Wildman–Crippen LogP) is 4.55. The van der Waals surface area contributed by atoms with Gasteiger partial charge in [-0.25, -0.2) is 0 Å². The monoisotopic (exact) mass is 297 g/mol. The summed E-state index contributed by atoms with van der Waals surface area (Å²) in [6, 6.07) is 9.18. The second-order valence-electron chi connectivity index (χ2n) is 4.75. The lowest BCUT2D eigenvalue weighted by atomic mass is 10.1. The number of unbranched alkanes of at least 4 members (excludes halogenated alkanes) is 3. The molecule has 1 unspecified atom stereocenters. The Morgan fingerprint density at radius 2 is 1.82 bits per heavy atom. The molecule has 96 valence electrons. The molecule has 0 fully saturated rings. The zero-order valence-electron chi connectivity index (χ0n) is 11.0. The first-order valence-electron chi connectivity index (χ1n) is 6.70. The highest BCUT2D eigenvalue weighted by Gasteiger charge is 2.02. The summed E-state index contributed by atoms with van der Waals surface area (Å²) >= 11 is 3.46. The largest absolute Gasteiger partial charge is 0.314 e. The molecule has 0 aliphatic heterocycles. The van der Waals surface area contributed by atoms with Crippen LogP contribution in [0.15, 0.2) is 28.7 Å². The van der Waals surface area contributed by atoms with Crippen LogP contribution in [0.5, 0.6) is 0 Å². The van der Waals surface area contributed by atoms with E-state index in [0.717, 1.165) is 17.4 Å². The summed E-state index contributed by atoms with van der Waals surface area (Å²) in [4.78, 5) is 0. The van der Waals surface area contributed by atoms with E-state index in [0.29, 0.717) is 6.04 Å². The molecule has 0 saturated heterocycles. The Morgan fingerprint density at radius 1 is 1.12 bits per heavy atom. The summed E-state index contributed by atoms with van der Waals surface area (Å²) in [5.74, 6) is 0. The van der Waals surface area contributed by atoms with Crippen molar-refractivity contribution in [3.63, 3.8) is 0 Å². The van der Waals surface area contributed by atoms with Gasteiger partial charge in [0.2, 0.25) is 0 Å². The Bertz CT molecular complexity index is 294. The van der Waals surface area contributed by atoms with E-state index in [-0.39, 0.29) is 0 Å². The SMILES string of the molecule is CCCCCCNC(C)Cc1ccc(Br)cc1. The minimum absolute atomic E-state index is 0.567. The van der Waals surface area contributed by atoms with Gasteiger partial charge in [0, 0.05) is 10.5 Å². The molecule has 2 heteroatoms. The van der Waals surface area contributed by atoms with Crippen molar-refractivity contribution in [1.29, 1.82) is 0 Å². The normalized spacial score (nSPS) is 12.6. The summed E-state index contributed by atoms with van der Waals surface area (Å²) in [7, 11) is 0. The van der Waals surface area contributed by atoms with Gasteiger partial charge in [-0.05, 0) is 44.0 Å². The van der Waals surface area contributed by atoms with Gasteiger partial charge in [0.15, 0.2) is 0 Å². The second-order valence-corrected chi connectivity index (χ2v) is 5.66. The van der Waals surface area contributed by atoms with Crippen molar-refractivity contribution in [2.75, 3.05) is 6.54 Å². The van der Waals surface area contributed by atoms with Crippen LogP contribution in [-0.2, 0) is 6.42 Å². The van der Waals surface area contributed by atoms with Crippen molar-refractivity contribution in [3.05, 3.63) is 34.3 Å². The molecule has 1 nitrogen and oxygen atoms in total. The highest BCUT2D eigenvalue weighted by atomic mass is 79.9. The number of hydrogen-bond acceptors (Lipinski definition) is 1. The maximum Gasteiger partial charge on any atom is 0.0175 e. The maximum atomic E-state index is 3.59. The van der Waals surface area contributed by atoms with Crippen LogP contribution in [0.3, 0.4) is 0 Å². The lowest BCUT2D eigenvalue weighted by Gasteiger charge is -2.13. The lowest BCUT2D eigenvalue weighted by Crippen LogP contribution is -2.28. The molecular weight excluding hydrogens is 274 g/mol. The number of nitrogens with one attached hydrogen (secondary N) is 1. The molecule has 1 aromatic carbocycles.